The zero-order chi connectivity index (χ0) is 38.2. The lowest BCUT2D eigenvalue weighted by molar-refractivity contribution is 1.59. The predicted molar refractivity (Wildman–Crippen MR) is 246 cm³/mol. The fourth-order valence-electron chi connectivity index (χ4n) is 8.76. The van der Waals surface area contributed by atoms with Gasteiger partial charge in [0.05, 0.1) is 0 Å². The van der Waals surface area contributed by atoms with Crippen LogP contribution in [-0.2, 0) is 0 Å². The maximum absolute atomic E-state index is 4.17. The van der Waals surface area contributed by atoms with Crippen LogP contribution in [0.1, 0.15) is 25.0 Å². The molecule has 0 heterocycles. The van der Waals surface area contributed by atoms with Crippen LogP contribution in [0.15, 0.2) is 207 Å². The van der Waals surface area contributed by atoms with Gasteiger partial charge in [-0.15, -0.1) is 0 Å². The molecule has 0 aromatic heterocycles. The molecule has 0 nitrogen and oxygen atoms in total. The van der Waals surface area contributed by atoms with Gasteiger partial charge >= 0.3 is 0 Å². The smallest absolute Gasteiger partial charge is 0.00261 e. The van der Waals surface area contributed by atoms with Crippen LogP contribution in [-0.4, -0.2) is 0 Å². The molecular weight excluding hydrogens is 673 g/mol. The molecule has 0 saturated heterocycles. The predicted octanol–water partition coefficient (Wildman–Crippen LogP) is 16.1. The molecule has 266 valence electrons. The Balaban J connectivity index is 1.28. The normalized spacial score (nSPS) is 12.1. The number of benzene rings is 9. The molecule has 9 aromatic carbocycles. The summed E-state index contributed by atoms with van der Waals surface area (Å²) in [7, 11) is 0. The van der Waals surface area contributed by atoms with Crippen molar-refractivity contribution in [3.8, 4) is 44.5 Å². The first-order valence-electron chi connectivity index (χ1n) is 19.4. The second kappa shape index (κ2) is 14.7. The third-order valence-electron chi connectivity index (χ3n) is 11.4. The van der Waals surface area contributed by atoms with Gasteiger partial charge in [0.1, 0.15) is 0 Å². The molecule has 0 amide bonds. The molecule has 0 fully saturated rings. The minimum atomic E-state index is 1.13. The molecule has 0 aliphatic heterocycles. The Morgan fingerprint density at radius 3 is 1.18 bits per heavy atom. The molecule has 0 unspecified atom stereocenters. The molecule has 0 aliphatic carbocycles. The van der Waals surface area contributed by atoms with Gasteiger partial charge in [0, 0.05) is 0 Å². The lowest BCUT2D eigenvalue weighted by atomic mass is 9.83. The van der Waals surface area contributed by atoms with E-state index in [1.54, 1.807) is 0 Å². The summed E-state index contributed by atoms with van der Waals surface area (Å²) in [4.78, 5) is 0. The molecule has 0 radical (unpaired) electrons. The van der Waals surface area contributed by atoms with Crippen LogP contribution in [0.5, 0.6) is 0 Å². The summed E-state index contributed by atoms with van der Waals surface area (Å²) in [6.07, 6.45) is 8.18. The third-order valence-corrected chi connectivity index (χ3v) is 11.4. The first-order valence-corrected chi connectivity index (χ1v) is 19.4. The summed E-state index contributed by atoms with van der Waals surface area (Å²) < 4.78 is 0. The summed E-state index contributed by atoms with van der Waals surface area (Å²) >= 11 is 0. The second-order valence-corrected chi connectivity index (χ2v) is 14.3. The molecule has 0 aliphatic rings. The number of rotatable bonds is 8. The number of hydrogen-bond donors (Lipinski definition) is 0. The van der Waals surface area contributed by atoms with Gasteiger partial charge in [0.2, 0.25) is 0 Å². The van der Waals surface area contributed by atoms with Gasteiger partial charge in [-0.3, -0.25) is 0 Å². The minimum absolute atomic E-state index is 1.13. The van der Waals surface area contributed by atoms with Crippen molar-refractivity contribution in [3.63, 3.8) is 0 Å². The first kappa shape index (κ1) is 34.7. The van der Waals surface area contributed by atoms with Crippen LogP contribution in [0.4, 0.5) is 0 Å². The Morgan fingerprint density at radius 2 is 0.714 bits per heavy atom. The topological polar surface area (TPSA) is 0 Å². The van der Waals surface area contributed by atoms with Gasteiger partial charge in [-0.1, -0.05) is 201 Å². The number of fused-ring (bicyclic) bond motifs is 4. The van der Waals surface area contributed by atoms with E-state index < -0.39 is 0 Å². The average Bonchev–Trinajstić information content (AvgIpc) is 3.26. The SMILES string of the molecule is C=C/C(=C\C)c1ccc(-c2c3ccccc3c(-c3ccc(-c4c5ccccc5c(/C(C=C)=C/C)c5ccccc45)cc3)c3ccc(-c4ccccc4)cc23)cc1. The van der Waals surface area contributed by atoms with Crippen LogP contribution in [0.2, 0.25) is 0 Å². The van der Waals surface area contributed by atoms with Crippen LogP contribution in [0.25, 0.3) is 98.7 Å². The van der Waals surface area contributed by atoms with Crippen molar-refractivity contribution in [2.45, 2.75) is 13.8 Å². The highest BCUT2D eigenvalue weighted by molar-refractivity contribution is 6.23. The van der Waals surface area contributed by atoms with Crippen molar-refractivity contribution in [1.29, 1.82) is 0 Å². The standard InChI is InChI=1S/C56H42/c1-5-37(6-2)40-26-28-43(29-27-40)56-50-25-17-16-24-49(50)55(51-35-34-44(36-52(51)56)39-18-10-9-11-19-39)42-32-30-41(31-33-42)54-47-22-14-12-20-45(47)53(38(7-3)8-4)46-21-13-15-23-48(46)54/h5-36H,1,3H2,2,4H3/b37-6+,38-8+. The van der Waals surface area contributed by atoms with Gasteiger partial charge in [0.15, 0.2) is 0 Å². The molecule has 56 heavy (non-hydrogen) atoms. The van der Waals surface area contributed by atoms with E-state index in [-0.39, 0.29) is 0 Å². The van der Waals surface area contributed by atoms with Gasteiger partial charge in [-0.05, 0) is 130 Å². The van der Waals surface area contributed by atoms with Crippen LogP contribution in [0, 0.1) is 0 Å². The fraction of sp³-hybridized carbons (Fsp3) is 0.0357. The van der Waals surface area contributed by atoms with Crippen molar-refractivity contribution in [1.82, 2.24) is 0 Å². The van der Waals surface area contributed by atoms with E-state index in [2.05, 4.69) is 209 Å². The molecular formula is C56H42. The van der Waals surface area contributed by atoms with Crippen LogP contribution < -0.4 is 0 Å². The lowest BCUT2D eigenvalue weighted by Gasteiger charge is -2.20. The molecule has 0 N–H and O–H groups in total. The van der Waals surface area contributed by atoms with Gasteiger partial charge in [0.25, 0.3) is 0 Å². The Kier molecular flexibility index (Phi) is 9.09. The Labute approximate surface area is 329 Å². The van der Waals surface area contributed by atoms with Crippen molar-refractivity contribution in [2.75, 3.05) is 0 Å². The highest BCUT2D eigenvalue weighted by atomic mass is 14.2. The van der Waals surface area contributed by atoms with E-state index in [0.717, 1.165) is 11.1 Å². The van der Waals surface area contributed by atoms with Crippen molar-refractivity contribution in [2.24, 2.45) is 0 Å². The van der Waals surface area contributed by atoms with Crippen molar-refractivity contribution >= 4 is 54.2 Å². The van der Waals surface area contributed by atoms with E-state index in [4.69, 9.17) is 0 Å². The van der Waals surface area contributed by atoms with Crippen LogP contribution >= 0.6 is 0 Å². The molecule has 0 saturated carbocycles. The highest BCUT2D eigenvalue weighted by Crippen LogP contribution is 2.47. The van der Waals surface area contributed by atoms with E-state index >= 15 is 0 Å². The third kappa shape index (κ3) is 5.79. The number of hydrogen-bond acceptors (Lipinski definition) is 0. The molecule has 9 rings (SSSR count). The molecule has 0 heteroatoms. The first-order chi connectivity index (χ1) is 27.6. The fourth-order valence-corrected chi connectivity index (χ4v) is 8.76. The quantitative estimate of drug-likeness (QED) is 0.109. The minimum Gasteiger partial charge on any atom is -0.0985 e. The summed E-state index contributed by atoms with van der Waals surface area (Å²) in [6, 6.07) is 62.5. The highest BCUT2D eigenvalue weighted by Gasteiger charge is 2.20. The summed E-state index contributed by atoms with van der Waals surface area (Å²) in [5.74, 6) is 0. The van der Waals surface area contributed by atoms with E-state index in [1.165, 1.54) is 98.7 Å². The van der Waals surface area contributed by atoms with Crippen LogP contribution in [0.3, 0.4) is 0 Å². The summed E-state index contributed by atoms with van der Waals surface area (Å²) in [6.45, 7) is 12.4. The lowest BCUT2D eigenvalue weighted by Crippen LogP contribution is -1.93. The van der Waals surface area contributed by atoms with E-state index in [9.17, 15) is 0 Å². The summed E-state index contributed by atoms with van der Waals surface area (Å²) in [5, 5.41) is 9.90. The Morgan fingerprint density at radius 1 is 0.339 bits per heavy atom. The maximum atomic E-state index is 4.17. The van der Waals surface area contributed by atoms with Gasteiger partial charge in [-0.2, -0.15) is 0 Å². The Bertz CT molecular complexity index is 2970. The summed E-state index contributed by atoms with van der Waals surface area (Å²) in [5.41, 5.74) is 14.4. The zero-order valence-electron chi connectivity index (χ0n) is 31.9. The maximum Gasteiger partial charge on any atom is -0.00261 e. The average molecular weight is 715 g/mol. The van der Waals surface area contributed by atoms with Crippen molar-refractivity contribution in [3.05, 3.63) is 218 Å². The van der Waals surface area contributed by atoms with E-state index in [0.29, 0.717) is 0 Å². The van der Waals surface area contributed by atoms with Gasteiger partial charge < -0.3 is 0 Å². The zero-order valence-corrected chi connectivity index (χ0v) is 31.9. The molecule has 9 aromatic rings. The Hall–Kier alpha value is -7.02. The van der Waals surface area contributed by atoms with Crippen molar-refractivity contribution < 1.29 is 0 Å². The second-order valence-electron chi connectivity index (χ2n) is 14.3. The van der Waals surface area contributed by atoms with E-state index in [1.807, 2.05) is 12.2 Å². The molecule has 0 bridgehead atoms. The van der Waals surface area contributed by atoms with Gasteiger partial charge in [-0.25, -0.2) is 0 Å². The molecule has 0 spiro atoms. The monoisotopic (exact) mass is 714 g/mol. The largest absolute Gasteiger partial charge is 0.0985 e. The molecule has 0 atom stereocenters. The number of allylic oxidation sites excluding steroid dienone is 6.